The number of hydrogen-bond acceptors (Lipinski definition) is 4. The molecule has 3 N–H and O–H groups in total. The van der Waals surface area contributed by atoms with Crippen LogP contribution in [0.4, 0.5) is 10.5 Å². The summed E-state index contributed by atoms with van der Waals surface area (Å²) in [6, 6.07) is 15.4. The maximum Gasteiger partial charge on any atom is 0.322 e. The third kappa shape index (κ3) is 3.13. The second-order valence-corrected chi connectivity index (χ2v) is 5.12. The molecule has 1 radical (unpaired) electrons. The summed E-state index contributed by atoms with van der Waals surface area (Å²) in [6.45, 7) is 0.868. The van der Waals surface area contributed by atoms with E-state index in [1.165, 1.54) is 4.90 Å². The van der Waals surface area contributed by atoms with E-state index < -0.39 is 12.4 Å². The number of hydrogen-bond donors (Lipinski definition) is 2. The molecule has 1 atom stereocenters. The van der Waals surface area contributed by atoms with Crippen LogP contribution in [0.15, 0.2) is 42.5 Å². The van der Waals surface area contributed by atoms with Gasteiger partial charge in [0, 0.05) is 17.7 Å². The van der Waals surface area contributed by atoms with Crippen LogP contribution in [0.25, 0.3) is 0 Å². The molecule has 0 saturated heterocycles. The molecule has 1 aliphatic heterocycles. The number of amides is 2. The second kappa shape index (κ2) is 6.68. The van der Waals surface area contributed by atoms with Gasteiger partial charge in [-0.2, -0.15) is 0 Å². The van der Waals surface area contributed by atoms with Crippen LogP contribution in [0.1, 0.15) is 11.1 Å². The summed E-state index contributed by atoms with van der Waals surface area (Å²) in [5.74, 6) is 0.774. The van der Waals surface area contributed by atoms with Gasteiger partial charge in [0.1, 0.15) is 5.75 Å². The average molecular weight is 312 g/mol. The molecule has 1 heterocycles. The minimum atomic E-state index is -0.632. The normalized spacial score (nSPS) is 16.7. The fourth-order valence-electron chi connectivity index (χ4n) is 2.61. The van der Waals surface area contributed by atoms with Crippen LogP contribution in [0, 0.1) is 6.07 Å². The van der Waals surface area contributed by atoms with Crippen molar-refractivity contribution in [2.45, 2.75) is 19.5 Å². The Morgan fingerprint density at radius 3 is 3.09 bits per heavy atom. The van der Waals surface area contributed by atoms with Gasteiger partial charge in [0.05, 0.1) is 19.4 Å². The first kappa shape index (κ1) is 15.3. The molecule has 1 unspecified atom stereocenters. The molecule has 0 bridgehead atoms. The van der Waals surface area contributed by atoms with Crippen molar-refractivity contribution in [3.05, 3.63) is 59.7 Å². The third-order valence-electron chi connectivity index (χ3n) is 3.71. The lowest BCUT2D eigenvalue weighted by Gasteiger charge is -2.36. The number of primary amides is 1. The van der Waals surface area contributed by atoms with Crippen molar-refractivity contribution in [2.24, 2.45) is 5.73 Å². The number of carbonyl (C=O) groups excluding carboxylic acids is 1. The first-order valence-corrected chi connectivity index (χ1v) is 7.25. The highest BCUT2D eigenvalue weighted by molar-refractivity contribution is 5.92. The highest BCUT2D eigenvalue weighted by Gasteiger charge is 2.30. The number of anilines is 1. The molecule has 2 amide bonds. The van der Waals surface area contributed by atoms with Gasteiger partial charge in [0.2, 0.25) is 0 Å². The SMILES string of the molecule is COc1ccccc1CNC1OCc2c[c]ccc2N1C(N)=O. The van der Waals surface area contributed by atoms with Crippen molar-refractivity contribution in [2.75, 3.05) is 12.0 Å². The molecule has 2 aromatic rings. The van der Waals surface area contributed by atoms with Crippen molar-refractivity contribution in [1.82, 2.24) is 5.32 Å². The lowest BCUT2D eigenvalue weighted by molar-refractivity contribution is 0.0105. The molecule has 0 spiro atoms. The Labute approximate surface area is 134 Å². The molecule has 0 aliphatic carbocycles. The van der Waals surface area contributed by atoms with Gasteiger partial charge in [0.15, 0.2) is 6.35 Å². The minimum absolute atomic E-state index is 0.389. The number of fused-ring (bicyclic) bond motifs is 1. The number of methoxy groups -OCH3 is 1. The van der Waals surface area contributed by atoms with Crippen molar-refractivity contribution >= 4 is 11.7 Å². The van der Waals surface area contributed by atoms with Gasteiger partial charge < -0.3 is 15.2 Å². The van der Waals surface area contributed by atoms with Crippen LogP contribution >= 0.6 is 0 Å². The minimum Gasteiger partial charge on any atom is -0.496 e. The smallest absolute Gasteiger partial charge is 0.322 e. The van der Waals surface area contributed by atoms with E-state index in [1.807, 2.05) is 24.3 Å². The lowest BCUT2D eigenvalue weighted by atomic mass is 10.1. The maximum atomic E-state index is 11.9. The van der Waals surface area contributed by atoms with E-state index in [2.05, 4.69) is 11.4 Å². The molecule has 6 heteroatoms. The van der Waals surface area contributed by atoms with Gasteiger partial charge in [-0.25, -0.2) is 4.79 Å². The summed E-state index contributed by atoms with van der Waals surface area (Å²) in [4.78, 5) is 13.3. The van der Waals surface area contributed by atoms with Crippen LogP contribution < -0.4 is 20.7 Å². The molecule has 0 fully saturated rings. The van der Waals surface area contributed by atoms with Gasteiger partial charge in [-0.3, -0.25) is 10.2 Å². The number of nitrogens with two attached hydrogens (primary N) is 1. The van der Waals surface area contributed by atoms with Crippen LogP contribution in [0.3, 0.4) is 0 Å². The van der Waals surface area contributed by atoms with Gasteiger partial charge in [-0.1, -0.05) is 24.3 Å². The molecule has 23 heavy (non-hydrogen) atoms. The van der Waals surface area contributed by atoms with E-state index in [9.17, 15) is 4.79 Å². The zero-order chi connectivity index (χ0) is 16.2. The van der Waals surface area contributed by atoms with Crippen molar-refractivity contribution in [3.8, 4) is 5.75 Å². The Morgan fingerprint density at radius 2 is 2.30 bits per heavy atom. The zero-order valence-electron chi connectivity index (χ0n) is 12.8. The number of nitrogens with zero attached hydrogens (tertiary/aromatic N) is 1. The summed E-state index contributed by atoms with van der Waals surface area (Å²) < 4.78 is 11.1. The zero-order valence-corrected chi connectivity index (χ0v) is 12.8. The summed E-state index contributed by atoms with van der Waals surface area (Å²) >= 11 is 0. The van der Waals surface area contributed by atoms with Crippen molar-refractivity contribution < 1.29 is 14.3 Å². The summed E-state index contributed by atoms with van der Waals surface area (Å²) in [5, 5.41) is 3.20. The molecule has 119 valence electrons. The van der Waals surface area contributed by atoms with E-state index in [-0.39, 0.29) is 0 Å². The van der Waals surface area contributed by atoms with Gasteiger partial charge in [-0.15, -0.1) is 0 Å². The number of urea groups is 1. The standard InChI is InChI=1S/C17H18N3O3/c1-22-15-9-5-3-6-12(15)10-19-17-20(16(18)21)14-8-4-2-7-13(14)11-23-17/h3-9,17,19H,10-11H2,1H3,(H2,18,21). The highest BCUT2D eigenvalue weighted by Crippen LogP contribution is 2.28. The first-order valence-electron chi connectivity index (χ1n) is 7.25. The van der Waals surface area contributed by atoms with E-state index in [0.717, 1.165) is 22.6 Å². The average Bonchev–Trinajstić information content (AvgIpc) is 2.59. The number of nitrogens with one attached hydrogen (secondary N) is 1. The van der Waals surface area contributed by atoms with E-state index >= 15 is 0 Å². The molecule has 1 aliphatic rings. The third-order valence-corrected chi connectivity index (χ3v) is 3.71. The van der Waals surface area contributed by atoms with Crippen LogP contribution in [-0.4, -0.2) is 19.5 Å². The second-order valence-electron chi connectivity index (χ2n) is 5.12. The Hall–Kier alpha value is -2.57. The number of para-hydroxylation sites is 1. The Bertz CT molecular complexity index is 705. The Morgan fingerprint density at radius 1 is 1.48 bits per heavy atom. The number of ether oxygens (including phenoxy) is 2. The van der Waals surface area contributed by atoms with Crippen molar-refractivity contribution in [3.63, 3.8) is 0 Å². The molecule has 6 nitrogen and oxygen atoms in total. The molecule has 0 aromatic heterocycles. The van der Waals surface area contributed by atoms with E-state index in [0.29, 0.717) is 13.2 Å². The highest BCUT2D eigenvalue weighted by atomic mass is 16.5. The molecular weight excluding hydrogens is 294 g/mol. The largest absolute Gasteiger partial charge is 0.496 e. The summed E-state index contributed by atoms with van der Waals surface area (Å²) in [5.41, 5.74) is 8.11. The van der Waals surface area contributed by atoms with Crippen LogP contribution in [-0.2, 0) is 17.9 Å². The summed E-state index contributed by atoms with van der Waals surface area (Å²) in [6.07, 6.45) is -0.632. The van der Waals surface area contributed by atoms with Crippen LogP contribution in [0.2, 0.25) is 0 Å². The predicted octanol–water partition coefficient (Wildman–Crippen LogP) is 1.98. The quantitative estimate of drug-likeness (QED) is 0.905. The molecule has 3 rings (SSSR count). The Kier molecular flexibility index (Phi) is 4.45. The molecule has 2 aromatic carbocycles. The van der Waals surface area contributed by atoms with E-state index in [4.69, 9.17) is 15.2 Å². The molecular formula is C17H18N3O3. The van der Waals surface area contributed by atoms with Crippen molar-refractivity contribution in [1.29, 1.82) is 0 Å². The first-order chi connectivity index (χ1) is 11.2. The maximum absolute atomic E-state index is 11.9. The van der Waals surface area contributed by atoms with Gasteiger partial charge in [0.25, 0.3) is 0 Å². The lowest BCUT2D eigenvalue weighted by Crippen LogP contribution is -2.54. The topological polar surface area (TPSA) is 76.8 Å². The number of rotatable bonds is 4. The predicted molar refractivity (Wildman–Crippen MR) is 85.8 cm³/mol. The monoisotopic (exact) mass is 312 g/mol. The van der Waals surface area contributed by atoms with Gasteiger partial charge >= 0.3 is 6.03 Å². The number of benzene rings is 2. The summed E-state index contributed by atoms with van der Waals surface area (Å²) in [7, 11) is 1.62. The van der Waals surface area contributed by atoms with Crippen LogP contribution in [0.5, 0.6) is 5.75 Å². The number of carbonyl (C=O) groups is 1. The molecule has 0 saturated carbocycles. The van der Waals surface area contributed by atoms with E-state index in [1.54, 1.807) is 25.3 Å². The Balaban J connectivity index is 1.79. The fraction of sp³-hybridized carbons (Fsp3) is 0.235. The fourth-order valence-corrected chi connectivity index (χ4v) is 2.61. The van der Waals surface area contributed by atoms with Gasteiger partial charge in [-0.05, 0) is 24.3 Å².